The Bertz CT molecular complexity index is 3420. The van der Waals surface area contributed by atoms with Crippen LogP contribution in [0, 0.1) is 0 Å². The van der Waals surface area contributed by atoms with Crippen LogP contribution in [0.4, 0.5) is 0 Å². The second-order valence-electron chi connectivity index (χ2n) is 15.7. The highest BCUT2D eigenvalue weighted by atomic mass is 35.5. The molecule has 0 unspecified atom stereocenters. The fourth-order valence-electron chi connectivity index (χ4n) is 9.05. The Balaban J connectivity index is 1.47. The highest BCUT2D eigenvalue weighted by Crippen LogP contribution is 2.42. The average Bonchev–Trinajstić information content (AvgIpc) is 3.21. The largest absolute Gasteiger partial charge is 0.382 e. The van der Waals surface area contributed by atoms with E-state index in [1.54, 1.807) is 0 Å². The highest BCUT2D eigenvalue weighted by Gasteiger charge is 2.42. The van der Waals surface area contributed by atoms with Gasteiger partial charge >= 0.3 is 40.5 Å². The monoisotopic (exact) mass is 1040 g/mol. The maximum atomic E-state index is 12.7. The van der Waals surface area contributed by atoms with Gasteiger partial charge in [-0.15, -0.1) is 0 Å². The van der Waals surface area contributed by atoms with E-state index in [9.17, 15) is 33.7 Å². The van der Waals surface area contributed by atoms with Gasteiger partial charge in [-0.2, -0.15) is 33.7 Å². The van der Waals surface area contributed by atoms with E-state index in [-0.39, 0.29) is 64.6 Å². The zero-order valence-electron chi connectivity index (χ0n) is 34.6. The van der Waals surface area contributed by atoms with Crippen molar-refractivity contribution in [2.75, 3.05) is 25.0 Å². The Labute approximate surface area is 400 Å². The second kappa shape index (κ2) is 16.4. The lowest BCUT2D eigenvalue weighted by Crippen LogP contribution is -2.75. The molecule has 0 atom stereocenters. The maximum Gasteiger partial charge on any atom is 0.306 e. The van der Waals surface area contributed by atoms with E-state index in [0.717, 1.165) is 25.0 Å². The Kier molecular flexibility index (Phi) is 11.5. The van der Waals surface area contributed by atoms with Crippen LogP contribution < -0.4 is 49.5 Å². The predicted molar refractivity (Wildman–Crippen MR) is 267 cm³/mol. The summed E-state index contributed by atoms with van der Waals surface area (Å²) < 4.78 is 124. The van der Waals surface area contributed by atoms with Crippen molar-refractivity contribution in [3.8, 4) is 23.0 Å². The molecule has 0 aromatic heterocycles. The van der Waals surface area contributed by atoms with Crippen LogP contribution in [-0.4, -0.2) is 72.1 Å². The van der Waals surface area contributed by atoms with Crippen molar-refractivity contribution in [1.29, 1.82) is 0 Å². The van der Waals surface area contributed by atoms with E-state index >= 15 is 0 Å². The Morgan fingerprint density at radius 3 is 0.758 bits per heavy atom. The summed E-state index contributed by atoms with van der Waals surface area (Å²) >= 11 is 28.7. The van der Waals surface area contributed by atoms with Crippen LogP contribution in [-0.2, 0) is 40.5 Å². The number of benzene rings is 8. The van der Waals surface area contributed by atoms with Crippen LogP contribution >= 0.6 is 46.4 Å². The molecule has 0 saturated heterocycles. The van der Waals surface area contributed by atoms with Crippen molar-refractivity contribution in [1.82, 2.24) is 0 Å². The van der Waals surface area contributed by atoms with E-state index in [0.29, 0.717) is 54.3 Å². The van der Waals surface area contributed by atoms with Crippen LogP contribution in [0.5, 0.6) is 23.0 Å². The predicted octanol–water partition coefficient (Wildman–Crippen LogP) is 5.61. The third-order valence-electron chi connectivity index (χ3n) is 11.1. The molecule has 0 fully saturated rings. The van der Waals surface area contributed by atoms with Gasteiger partial charge in [-0.3, -0.25) is 0 Å². The first-order valence-corrected chi connectivity index (χ1v) is 28.2. The summed E-state index contributed by atoms with van der Waals surface area (Å²) in [4.78, 5) is 0. The lowest BCUT2D eigenvalue weighted by atomic mass is 9.20. The summed E-state index contributed by atoms with van der Waals surface area (Å²) in [7, 11) is -16.5. The van der Waals surface area contributed by atoms with Gasteiger partial charge < -0.3 is 16.7 Å². The van der Waals surface area contributed by atoms with Gasteiger partial charge in [-0.25, -0.2) is 0 Å². The molecule has 0 N–H and O–H groups in total. The zero-order chi connectivity index (χ0) is 47.4. The fraction of sp³-hybridized carbons (Fsp3) is 0.0909. The summed E-state index contributed by atoms with van der Waals surface area (Å²) in [5, 5.41) is 2.86. The molecule has 0 radical (unpaired) electrons. The lowest BCUT2D eigenvalue weighted by molar-refractivity contribution is 0.493. The number of fused-ring (bicyclic) bond motifs is 6. The van der Waals surface area contributed by atoms with Crippen molar-refractivity contribution >= 4 is 176 Å². The molecule has 66 heavy (non-hydrogen) atoms. The summed E-state index contributed by atoms with van der Waals surface area (Å²) in [5.74, 6) is -0.421. The molecule has 0 bridgehead atoms. The molecule has 0 spiro atoms. The first-order chi connectivity index (χ1) is 30.9. The van der Waals surface area contributed by atoms with Gasteiger partial charge in [0.1, 0.15) is 0 Å². The summed E-state index contributed by atoms with van der Waals surface area (Å²) in [5.41, 5.74) is 3.54. The number of rotatable bonds is 10. The molecule has 0 amide bonds. The van der Waals surface area contributed by atoms with E-state index in [4.69, 9.17) is 63.1 Å². The van der Waals surface area contributed by atoms with Gasteiger partial charge in [-0.05, 0) is 60.7 Å². The molecule has 1 aliphatic heterocycles. The van der Waals surface area contributed by atoms with Gasteiger partial charge in [-0.1, -0.05) is 128 Å². The normalized spacial score (nSPS) is 13.3. The molecule has 9 rings (SSSR count). The smallest absolute Gasteiger partial charge is 0.306 e. The summed E-state index contributed by atoms with van der Waals surface area (Å²) in [6.45, 7) is -1.62. The number of hydrogen-bond acceptors (Lipinski definition) is 12. The maximum absolute atomic E-state index is 12.7. The molecule has 336 valence electrons. The minimum atomic E-state index is -4.13. The Hall–Kier alpha value is -4.91. The molecule has 8 aromatic carbocycles. The van der Waals surface area contributed by atoms with Crippen molar-refractivity contribution < 1.29 is 50.4 Å². The molecule has 8 aromatic rings. The molecular weight excluding hydrogens is 1010 g/mol. The van der Waals surface area contributed by atoms with Crippen molar-refractivity contribution in [3.05, 3.63) is 129 Å². The zero-order valence-corrected chi connectivity index (χ0v) is 40.9. The average molecular weight is 1040 g/mol. The van der Waals surface area contributed by atoms with Crippen molar-refractivity contribution in [3.63, 3.8) is 0 Å². The molecule has 0 saturated carbocycles. The van der Waals surface area contributed by atoms with Crippen molar-refractivity contribution in [2.24, 2.45) is 0 Å². The molecule has 0 aliphatic carbocycles. The molecule has 1 aliphatic rings. The van der Waals surface area contributed by atoms with Crippen LogP contribution in [0.2, 0.25) is 20.1 Å². The number of halogens is 4. The van der Waals surface area contributed by atoms with Crippen LogP contribution in [0.25, 0.3) is 43.1 Å². The summed E-state index contributed by atoms with van der Waals surface area (Å²) in [6, 6.07) is 29.4. The van der Waals surface area contributed by atoms with E-state index < -0.39 is 53.9 Å². The third-order valence-corrected chi connectivity index (χ3v) is 14.2. The molecular formula is C44H30B2Cl4O12S4. The second-order valence-corrected chi connectivity index (χ2v) is 23.7. The van der Waals surface area contributed by atoms with Gasteiger partial charge in [0.25, 0.3) is 0 Å². The highest BCUT2D eigenvalue weighted by molar-refractivity contribution is 7.87. The Morgan fingerprint density at radius 2 is 0.561 bits per heavy atom. The van der Waals surface area contributed by atoms with E-state index in [1.807, 2.05) is 48.5 Å². The topological polar surface area (TPSA) is 173 Å². The van der Waals surface area contributed by atoms with Gasteiger partial charge in [0.2, 0.25) is 13.4 Å². The third kappa shape index (κ3) is 8.51. The minimum Gasteiger partial charge on any atom is -0.382 e. The number of hydrogen-bond donors (Lipinski definition) is 0. The van der Waals surface area contributed by atoms with Gasteiger partial charge in [0.15, 0.2) is 23.0 Å². The van der Waals surface area contributed by atoms with Crippen LogP contribution in [0.15, 0.2) is 109 Å². The lowest BCUT2D eigenvalue weighted by Gasteiger charge is -2.34. The molecule has 12 nitrogen and oxygen atoms in total. The SMILES string of the molecule is CS(=O)(=O)Oc1ccc(Cl)c2c(B3c4ccccc4B(c4c5c(Cl)ccc(OS(C)(=O)=O)c5cc5c(OS(C)(=O)=O)ccc(Cl)c45)c4ccccc43)c3c(Cl)ccc(OS(C)(=O)=O)c3cc12. The van der Waals surface area contributed by atoms with E-state index in [1.165, 1.54) is 60.7 Å². The minimum absolute atomic E-state index is 0.105. The first-order valence-electron chi connectivity index (χ1n) is 19.4. The van der Waals surface area contributed by atoms with Crippen LogP contribution in [0.3, 0.4) is 0 Å². The molecule has 22 heteroatoms. The fourth-order valence-corrected chi connectivity index (χ4v) is 12.0. The first kappa shape index (κ1) is 46.2. The van der Waals surface area contributed by atoms with Crippen LogP contribution in [0.1, 0.15) is 0 Å². The Morgan fingerprint density at radius 1 is 0.348 bits per heavy atom. The quantitative estimate of drug-likeness (QED) is 0.0943. The van der Waals surface area contributed by atoms with Gasteiger partial charge in [0, 0.05) is 63.2 Å². The summed E-state index contributed by atoms with van der Waals surface area (Å²) in [6.07, 6.45) is 3.56. The van der Waals surface area contributed by atoms with Crippen molar-refractivity contribution in [2.45, 2.75) is 0 Å². The van der Waals surface area contributed by atoms with E-state index in [2.05, 4.69) is 0 Å². The van der Waals surface area contributed by atoms with Gasteiger partial charge in [0.05, 0.1) is 25.0 Å². The standard InChI is InChI=1S/C44H30B2Cl4O12S4/c1-63(51,52)59-35-17-13-31(47)39-23(35)21-24-36(60-64(2,53)54)18-14-32(48)40(24)43(39)45-27-9-5-7-11-29(27)46(30-12-8-6-10-28(30)45)44-41-25(37(19-15-33(41)49)61-65(3,55)56)22-26-38(62-66(4,57)58)20-16-34(50)42(26)44/h5-22H,1-4H3. The molecule has 1 heterocycles.